The second-order valence-corrected chi connectivity index (χ2v) is 6.20. The van der Waals surface area contributed by atoms with Crippen molar-refractivity contribution in [3.05, 3.63) is 35.9 Å². The first-order valence-electron chi connectivity index (χ1n) is 8.47. The predicted octanol–water partition coefficient (Wildman–Crippen LogP) is 2.09. The molecule has 1 unspecified atom stereocenters. The molecule has 1 atom stereocenters. The second-order valence-electron chi connectivity index (χ2n) is 6.20. The van der Waals surface area contributed by atoms with E-state index in [9.17, 15) is 9.59 Å². The molecule has 24 heavy (non-hydrogen) atoms. The number of rotatable bonds is 6. The number of amides is 2. The molecule has 0 aliphatic carbocycles. The quantitative estimate of drug-likeness (QED) is 0.822. The minimum absolute atomic E-state index is 0. The summed E-state index contributed by atoms with van der Waals surface area (Å²) >= 11 is 0. The lowest BCUT2D eigenvalue weighted by Crippen LogP contribution is -2.48. The summed E-state index contributed by atoms with van der Waals surface area (Å²) in [5, 5.41) is 2.99. The molecule has 1 saturated heterocycles. The number of hydrogen-bond donors (Lipinski definition) is 2. The Kier molecular flexibility index (Phi) is 8.79. The number of halogens is 1. The first kappa shape index (κ1) is 20.5. The van der Waals surface area contributed by atoms with Crippen LogP contribution < -0.4 is 11.1 Å². The van der Waals surface area contributed by atoms with Crippen LogP contribution in [0.15, 0.2) is 30.3 Å². The lowest BCUT2D eigenvalue weighted by atomic mass is 9.95. The average Bonchev–Trinajstić information content (AvgIpc) is 2.60. The van der Waals surface area contributed by atoms with E-state index >= 15 is 0 Å². The van der Waals surface area contributed by atoms with E-state index in [2.05, 4.69) is 5.32 Å². The normalized spacial score (nSPS) is 16.2. The smallest absolute Gasteiger partial charge is 0.239 e. The maximum absolute atomic E-state index is 12.2. The zero-order valence-corrected chi connectivity index (χ0v) is 15.1. The third-order valence-electron chi connectivity index (χ3n) is 4.40. The third-order valence-corrected chi connectivity index (χ3v) is 4.40. The zero-order chi connectivity index (χ0) is 16.7. The summed E-state index contributed by atoms with van der Waals surface area (Å²) in [5.41, 5.74) is 6.99. The Morgan fingerprint density at radius 1 is 1.25 bits per heavy atom. The molecule has 5 nitrogen and oxygen atoms in total. The van der Waals surface area contributed by atoms with Gasteiger partial charge < -0.3 is 16.0 Å². The molecule has 134 valence electrons. The summed E-state index contributed by atoms with van der Waals surface area (Å²) in [6, 6.07) is 9.48. The maximum Gasteiger partial charge on any atom is 0.239 e. The number of nitrogens with two attached hydrogens (primary N) is 1. The van der Waals surface area contributed by atoms with Gasteiger partial charge in [-0.25, -0.2) is 0 Å². The largest absolute Gasteiger partial charge is 0.352 e. The van der Waals surface area contributed by atoms with Crippen LogP contribution >= 0.6 is 12.4 Å². The highest BCUT2D eigenvalue weighted by molar-refractivity contribution is 5.85. The SMILES string of the molecule is CCCC(N)C(=O)N1CCC(C(=O)NCc2ccccc2)CC1.Cl. The maximum atomic E-state index is 12.2. The highest BCUT2D eigenvalue weighted by Gasteiger charge is 2.29. The van der Waals surface area contributed by atoms with Crippen molar-refractivity contribution in [2.24, 2.45) is 11.7 Å². The van der Waals surface area contributed by atoms with Crippen LogP contribution in [0, 0.1) is 5.92 Å². The summed E-state index contributed by atoms with van der Waals surface area (Å²) in [6.45, 7) is 3.83. The fourth-order valence-corrected chi connectivity index (χ4v) is 2.96. The van der Waals surface area contributed by atoms with Gasteiger partial charge in [-0.2, -0.15) is 0 Å². The monoisotopic (exact) mass is 353 g/mol. The highest BCUT2D eigenvalue weighted by Crippen LogP contribution is 2.18. The number of benzene rings is 1. The van der Waals surface area contributed by atoms with Gasteiger partial charge in [0.05, 0.1) is 6.04 Å². The Labute approximate surface area is 150 Å². The van der Waals surface area contributed by atoms with E-state index in [0.717, 1.165) is 18.4 Å². The Morgan fingerprint density at radius 3 is 2.46 bits per heavy atom. The molecule has 1 aromatic rings. The van der Waals surface area contributed by atoms with Crippen molar-refractivity contribution in [2.45, 2.75) is 45.2 Å². The van der Waals surface area contributed by atoms with Crippen molar-refractivity contribution in [3.8, 4) is 0 Å². The molecule has 0 spiro atoms. The molecule has 1 aliphatic heterocycles. The molecular formula is C18H28ClN3O2. The predicted molar refractivity (Wildman–Crippen MR) is 97.7 cm³/mol. The number of nitrogens with one attached hydrogen (secondary N) is 1. The molecule has 1 aliphatic rings. The Hall–Kier alpha value is -1.59. The number of piperidine rings is 1. The van der Waals surface area contributed by atoms with E-state index in [-0.39, 0.29) is 30.1 Å². The van der Waals surface area contributed by atoms with Crippen molar-refractivity contribution in [1.29, 1.82) is 0 Å². The molecular weight excluding hydrogens is 326 g/mol. The standard InChI is InChI=1S/C18H27N3O2.ClH/c1-2-6-16(19)18(23)21-11-9-15(10-12-21)17(22)20-13-14-7-4-3-5-8-14;/h3-5,7-8,15-16H,2,6,9-13,19H2,1H3,(H,20,22);1H. The van der Waals surface area contributed by atoms with Crippen LogP contribution in [-0.4, -0.2) is 35.8 Å². The Morgan fingerprint density at radius 2 is 1.88 bits per heavy atom. The van der Waals surface area contributed by atoms with Gasteiger partial charge in [-0.1, -0.05) is 43.7 Å². The zero-order valence-electron chi connectivity index (χ0n) is 14.2. The summed E-state index contributed by atoms with van der Waals surface area (Å²) in [7, 11) is 0. The van der Waals surface area contributed by atoms with Crippen molar-refractivity contribution in [1.82, 2.24) is 10.2 Å². The van der Waals surface area contributed by atoms with Crippen LogP contribution in [0.3, 0.4) is 0 Å². The summed E-state index contributed by atoms with van der Waals surface area (Å²) in [6.07, 6.45) is 3.05. The lowest BCUT2D eigenvalue weighted by Gasteiger charge is -2.33. The van der Waals surface area contributed by atoms with Crippen LogP contribution in [0.1, 0.15) is 38.2 Å². The third kappa shape index (κ3) is 5.80. The van der Waals surface area contributed by atoms with E-state index in [0.29, 0.717) is 32.5 Å². The minimum atomic E-state index is -0.400. The molecule has 6 heteroatoms. The molecule has 1 heterocycles. The topological polar surface area (TPSA) is 75.4 Å². The second kappa shape index (κ2) is 10.3. The summed E-state index contributed by atoms with van der Waals surface area (Å²) < 4.78 is 0. The van der Waals surface area contributed by atoms with Crippen LogP contribution in [0.25, 0.3) is 0 Å². The molecule has 2 amide bonds. The fourth-order valence-electron chi connectivity index (χ4n) is 2.96. The van der Waals surface area contributed by atoms with E-state index in [1.54, 1.807) is 4.90 Å². The molecule has 1 aromatic carbocycles. The molecule has 3 N–H and O–H groups in total. The van der Waals surface area contributed by atoms with Gasteiger partial charge in [0.2, 0.25) is 11.8 Å². The van der Waals surface area contributed by atoms with Gasteiger partial charge in [0.25, 0.3) is 0 Å². The Bertz CT molecular complexity index is 516. The highest BCUT2D eigenvalue weighted by atomic mass is 35.5. The van der Waals surface area contributed by atoms with Crippen LogP contribution in [-0.2, 0) is 16.1 Å². The number of carbonyl (C=O) groups is 2. The van der Waals surface area contributed by atoms with Gasteiger partial charge in [0, 0.05) is 25.6 Å². The van der Waals surface area contributed by atoms with Gasteiger partial charge in [0.15, 0.2) is 0 Å². The van der Waals surface area contributed by atoms with Crippen molar-refractivity contribution in [3.63, 3.8) is 0 Å². The van der Waals surface area contributed by atoms with Gasteiger partial charge in [-0.05, 0) is 24.8 Å². The van der Waals surface area contributed by atoms with E-state index in [1.165, 1.54) is 0 Å². The van der Waals surface area contributed by atoms with Gasteiger partial charge >= 0.3 is 0 Å². The summed E-state index contributed by atoms with van der Waals surface area (Å²) in [4.78, 5) is 26.2. The fraction of sp³-hybridized carbons (Fsp3) is 0.556. The summed E-state index contributed by atoms with van der Waals surface area (Å²) in [5.74, 6) is 0.0963. The van der Waals surface area contributed by atoms with Crippen LogP contribution in [0.4, 0.5) is 0 Å². The van der Waals surface area contributed by atoms with E-state index in [4.69, 9.17) is 5.73 Å². The van der Waals surface area contributed by atoms with Crippen LogP contribution in [0.5, 0.6) is 0 Å². The lowest BCUT2D eigenvalue weighted by molar-refractivity contribution is -0.136. The van der Waals surface area contributed by atoms with Crippen molar-refractivity contribution < 1.29 is 9.59 Å². The molecule has 0 radical (unpaired) electrons. The Balaban J connectivity index is 0.00000288. The molecule has 2 rings (SSSR count). The van der Waals surface area contributed by atoms with Gasteiger partial charge in [0.1, 0.15) is 0 Å². The van der Waals surface area contributed by atoms with Crippen molar-refractivity contribution in [2.75, 3.05) is 13.1 Å². The average molecular weight is 354 g/mol. The first-order chi connectivity index (χ1) is 11.1. The molecule has 0 saturated carbocycles. The van der Waals surface area contributed by atoms with E-state index < -0.39 is 6.04 Å². The molecule has 1 fully saturated rings. The number of hydrogen-bond acceptors (Lipinski definition) is 3. The van der Waals surface area contributed by atoms with Crippen molar-refractivity contribution >= 4 is 24.2 Å². The van der Waals surface area contributed by atoms with Crippen LogP contribution in [0.2, 0.25) is 0 Å². The van der Waals surface area contributed by atoms with Gasteiger partial charge in [-0.3, -0.25) is 9.59 Å². The van der Waals surface area contributed by atoms with E-state index in [1.807, 2.05) is 37.3 Å². The number of carbonyl (C=O) groups excluding carboxylic acids is 2. The first-order valence-corrected chi connectivity index (χ1v) is 8.47. The minimum Gasteiger partial charge on any atom is -0.352 e. The molecule has 0 bridgehead atoms. The number of nitrogens with zero attached hydrogens (tertiary/aromatic N) is 1. The molecule has 0 aromatic heterocycles. The number of likely N-dealkylation sites (tertiary alicyclic amines) is 1. The van der Waals surface area contributed by atoms with Gasteiger partial charge in [-0.15, -0.1) is 12.4 Å².